The minimum Gasteiger partial charge on any atom is -0.351 e. The van der Waals surface area contributed by atoms with Crippen LogP contribution < -0.4 is 21.3 Å². The second-order valence-corrected chi connectivity index (χ2v) is 7.15. The number of nitrogens with two attached hydrogens (primary N) is 2. The number of hydrogen-bond acceptors (Lipinski definition) is 5. The van der Waals surface area contributed by atoms with Crippen molar-refractivity contribution in [2.24, 2.45) is 16.5 Å². The molecule has 0 fully saturated rings. The fourth-order valence-electron chi connectivity index (χ4n) is 3.18. The average Bonchev–Trinajstić information content (AvgIpc) is 3.14. The fourth-order valence-corrected chi connectivity index (χ4v) is 3.95. The highest BCUT2D eigenvalue weighted by atomic mass is 32.1. The van der Waals surface area contributed by atoms with Crippen LogP contribution in [0.4, 0.5) is 26.9 Å². The van der Waals surface area contributed by atoms with Crippen LogP contribution in [0.5, 0.6) is 0 Å². The molecule has 6 nitrogen and oxygen atoms in total. The van der Waals surface area contributed by atoms with Gasteiger partial charge in [0.2, 0.25) is 0 Å². The Morgan fingerprint density at radius 3 is 2.59 bits per heavy atom. The molecule has 0 radical (unpaired) electrons. The molecular formula is C20H19N5OS. The Morgan fingerprint density at radius 2 is 1.89 bits per heavy atom. The molecule has 4 N–H and O–H groups in total. The van der Waals surface area contributed by atoms with E-state index in [2.05, 4.69) is 4.99 Å². The molecule has 1 aliphatic rings. The Morgan fingerprint density at radius 1 is 1.15 bits per heavy atom. The molecule has 27 heavy (non-hydrogen) atoms. The standard InChI is InChI=1S/C20H19N5OS/c1-13-4-2-3-5-17(13)25(20(22)26)15-8-6-14(7-9-15)24-12-23-19-16(18(24)21)10-11-27-19/h2-12,18H,21H2,1H3,(H2,22,26). The number of fused-ring (bicyclic) bond motifs is 1. The summed E-state index contributed by atoms with van der Waals surface area (Å²) in [4.78, 5) is 20.0. The predicted molar refractivity (Wildman–Crippen MR) is 111 cm³/mol. The molecule has 7 heteroatoms. The number of thiophene rings is 1. The summed E-state index contributed by atoms with van der Waals surface area (Å²) in [5, 5.41) is 2.93. The highest BCUT2D eigenvalue weighted by molar-refractivity contribution is 7.14. The second kappa shape index (κ2) is 6.86. The lowest BCUT2D eigenvalue weighted by molar-refractivity contribution is 0.256. The van der Waals surface area contributed by atoms with Crippen molar-refractivity contribution in [3.63, 3.8) is 0 Å². The van der Waals surface area contributed by atoms with E-state index in [0.29, 0.717) is 5.69 Å². The zero-order chi connectivity index (χ0) is 19.0. The first-order valence-corrected chi connectivity index (χ1v) is 9.35. The highest BCUT2D eigenvalue weighted by Gasteiger charge is 2.24. The van der Waals surface area contributed by atoms with E-state index in [1.54, 1.807) is 17.7 Å². The summed E-state index contributed by atoms with van der Waals surface area (Å²) in [6, 6.07) is 16.6. The topological polar surface area (TPSA) is 88.0 Å². The smallest absolute Gasteiger partial charge is 0.323 e. The first-order valence-electron chi connectivity index (χ1n) is 8.47. The number of hydrogen-bond donors (Lipinski definition) is 2. The van der Waals surface area contributed by atoms with Gasteiger partial charge in [0.05, 0.1) is 17.7 Å². The molecule has 0 bridgehead atoms. The zero-order valence-electron chi connectivity index (χ0n) is 14.7. The third-order valence-corrected chi connectivity index (χ3v) is 5.41. The number of carbonyl (C=O) groups is 1. The van der Waals surface area contributed by atoms with Crippen molar-refractivity contribution in [3.8, 4) is 0 Å². The molecule has 1 unspecified atom stereocenters. The summed E-state index contributed by atoms with van der Waals surface area (Å²) in [7, 11) is 0. The lowest BCUT2D eigenvalue weighted by atomic mass is 10.1. The van der Waals surface area contributed by atoms with Gasteiger partial charge in [-0.25, -0.2) is 9.79 Å². The third kappa shape index (κ3) is 3.07. The van der Waals surface area contributed by atoms with Crippen LogP contribution in [0.3, 0.4) is 0 Å². The van der Waals surface area contributed by atoms with Gasteiger partial charge in [0.15, 0.2) is 0 Å². The number of benzene rings is 2. The van der Waals surface area contributed by atoms with Gasteiger partial charge in [-0.05, 0) is 54.3 Å². The van der Waals surface area contributed by atoms with E-state index >= 15 is 0 Å². The molecule has 136 valence electrons. The highest BCUT2D eigenvalue weighted by Crippen LogP contribution is 2.37. The van der Waals surface area contributed by atoms with Crippen molar-refractivity contribution in [1.82, 2.24) is 0 Å². The first kappa shape index (κ1) is 17.3. The monoisotopic (exact) mass is 377 g/mol. The maximum absolute atomic E-state index is 12.1. The van der Waals surface area contributed by atoms with Crippen LogP contribution >= 0.6 is 11.3 Å². The number of carbonyl (C=O) groups excluding carboxylic acids is 1. The van der Waals surface area contributed by atoms with Crippen LogP contribution in [0.1, 0.15) is 17.3 Å². The number of primary amides is 1. The molecule has 0 spiro atoms. The maximum Gasteiger partial charge on any atom is 0.323 e. The second-order valence-electron chi connectivity index (χ2n) is 6.25. The van der Waals surface area contributed by atoms with Crippen molar-refractivity contribution >= 4 is 45.8 Å². The summed E-state index contributed by atoms with van der Waals surface area (Å²) in [6.45, 7) is 1.95. The van der Waals surface area contributed by atoms with E-state index in [1.807, 2.05) is 71.8 Å². The summed E-state index contributed by atoms with van der Waals surface area (Å²) in [5.74, 6) is 0. The van der Waals surface area contributed by atoms with Crippen molar-refractivity contribution < 1.29 is 4.79 Å². The number of para-hydroxylation sites is 1. The Bertz CT molecular complexity index is 1010. The van der Waals surface area contributed by atoms with Gasteiger partial charge >= 0.3 is 6.03 Å². The van der Waals surface area contributed by atoms with Crippen LogP contribution in [-0.2, 0) is 0 Å². The predicted octanol–water partition coefficient (Wildman–Crippen LogP) is 4.41. The number of nitrogens with zero attached hydrogens (tertiary/aromatic N) is 3. The molecule has 2 amide bonds. The normalized spacial score (nSPS) is 15.5. The maximum atomic E-state index is 12.1. The van der Waals surface area contributed by atoms with Crippen LogP contribution in [0.25, 0.3) is 0 Å². The van der Waals surface area contributed by atoms with Gasteiger partial charge in [-0.2, -0.15) is 0 Å². The van der Waals surface area contributed by atoms with Gasteiger partial charge in [-0.3, -0.25) is 4.90 Å². The van der Waals surface area contributed by atoms with E-state index in [0.717, 1.165) is 27.5 Å². The average molecular weight is 377 g/mol. The van der Waals surface area contributed by atoms with Crippen molar-refractivity contribution in [1.29, 1.82) is 0 Å². The summed E-state index contributed by atoms with van der Waals surface area (Å²) >= 11 is 1.57. The first-order chi connectivity index (χ1) is 13.1. The molecule has 3 aromatic rings. The number of rotatable bonds is 3. The lowest BCUT2D eigenvalue weighted by Gasteiger charge is -2.30. The molecule has 1 aromatic heterocycles. The number of aryl methyl sites for hydroxylation is 1. The van der Waals surface area contributed by atoms with Crippen LogP contribution in [0, 0.1) is 6.92 Å². The molecular weight excluding hydrogens is 358 g/mol. The lowest BCUT2D eigenvalue weighted by Crippen LogP contribution is -2.35. The van der Waals surface area contributed by atoms with Gasteiger partial charge in [-0.1, -0.05) is 18.2 Å². The molecule has 0 saturated heterocycles. The summed E-state index contributed by atoms with van der Waals surface area (Å²) in [6.07, 6.45) is 1.45. The van der Waals surface area contributed by atoms with E-state index in [4.69, 9.17) is 11.5 Å². The summed E-state index contributed by atoms with van der Waals surface area (Å²) < 4.78 is 0. The molecule has 1 aliphatic heterocycles. The van der Waals surface area contributed by atoms with E-state index in [-0.39, 0.29) is 6.17 Å². The number of aliphatic imine (C=N–C) groups is 1. The Kier molecular flexibility index (Phi) is 4.39. The van der Waals surface area contributed by atoms with Gasteiger partial charge in [-0.15, -0.1) is 11.3 Å². The van der Waals surface area contributed by atoms with E-state index < -0.39 is 6.03 Å². The number of urea groups is 1. The number of amides is 2. The van der Waals surface area contributed by atoms with Crippen LogP contribution in [-0.4, -0.2) is 12.4 Å². The SMILES string of the molecule is Cc1ccccc1N(C(N)=O)c1ccc(N2C=Nc3sccc3C2N)cc1. The van der Waals surface area contributed by atoms with Gasteiger partial charge in [0.25, 0.3) is 0 Å². The molecule has 2 aromatic carbocycles. The van der Waals surface area contributed by atoms with Crippen LogP contribution in [0.15, 0.2) is 65.0 Å². The van der Waals surface area contributed by atoms with Gasteiger partial charge in [0, 0.05) is 11.3 Å². The third-order valence-electron chi connectivity index (χ3n) is 4.57. The zero-order valence-corrected chi connectivity index (χ0v) is 15.6. The molecule has 4 rings (SSSR count). The van der Waals surface area contributed by atoms with Crippen molar-refractivity contribution in [3.05, 3.63) is 71.1 Å². The number of anilines is 3. The fraction of sp³-hybridized carbons (Fsp3) is 0.100. The quantitative estimate of drug-likeness (QED) is 0.708. The largest absolute Gasteiger partial charge is 0.351 e. The minimum atomic E-state index is -0.531. The van der Waals surface area contributed by atoms with Crippen molar-refractivity contribution in [2.75, 3.05) is 9.80 Å². The van der Waals surface area contributed by atoms with E-state index in [9.17, 15) is 4.79 Å². The molecule has 0 saturated carbocycles. The minimum absolute atomic E-state index is 0.293. The Labute approximate surface area is 161 Å². The Balaban J connectivity index is 1.66. The van der Waals surface area contributed by atoms with Crippen molar-refractivity contribution in [2.45, 2.75) is 13.1 Å². The van der Waals surface area contributed by atoms with Gasteiger partial charge < -0.3 is 16.4 Å². The van der Waals surface area contributed by atoms with Crippen LogP contribution in [0.2, 0.25) is 0 Å². The molecule has 1 atom stereocenters. The van der Waals surface area contributed by atoms with Gasteiger partial charge in [0.1, 0.15) is 11.2 Å². The summed E-state index contributed by atoms with van der Waals surface area (Å²) in [5.41, 5.74) is 16.3. The Hall–Kier alpha value is -3.16. The molecule has 2 heterocycles. The van der Waals surface area contributed by atoms with E-state index in [1.165, 1.54) is 4.90 Å². The molecule has 0 aliphatic carbocycles.